The zero-order chi connectivity index (χ0) is 8.55. The van der Waals surface area contributed by atoms with Gasteiger partial charge in [0.25, 0.3) is 0 Å². The molecule has 5 heteroatoms. The Bertz CT molecular complexity index is 414. The van der Waals surface area contributed by atoms with E-state index in [9.17, 15) is 4.79 Å². The minimum absolute atomic E-state index is 0.197. The van der Waals surface area contributed by atoms with Crippen molar-refractivity contribution in [3.63, 3.8) is 0 Å². The summed E-state index contributed by atoms with van der Waals surface area (Å²) in [5.41, 5.74) is 5.92. The molecule has 0 aliphatic rings. The minimum atomic E-state index is -0.352. The van der Waals surface area contributed by atoms with E-state index in [0.717, 1.165) is 5.65 Å². The van der Waals surface area contributed by atoms with Crippen LogP contribution in [0, 0.1) is 0 Å². The third-order valence-corrected chi connectivity index (χ3v) is 1.66. The highest BCUT2D eigenvalue weighted by atomic mass is 16.1. The van der Waals surface area contributed by atoms with Gasteiger partial charge in [0.1, 0.15) is 12.2 Å². The summed E-state index contributed by atoms with van der Waals surface area (Å²) in [7, 11) is 0. The predicted octanol–water partition coefficient (Wildman–Crippen LogP) is -0.379. The van der Waals surface area contributed by atoms with Crippen LogP contribution in [0.25, 0.3) is 5.65 Å². The molecule has 2 heterocycles. The van der Waals surface area contributed by atoms with Crippen LogP contribution in [0.5, 0.6) is 0 Å². The predicted molar refractivity (Wildman–Crippen MR) is 42.4 cm³/mol. The van der Waals surface area contributed by atoms with E-state index in [2.05, 4.69) is 5.10 Å². The molecule has 0 atom stereocenters. The molecular weight excluding hydrogens is 156 g/mol. The van der Waals surface area contributed by atoms with E-state index >= 15 is 0 Å². The fourth-order valence-corrected chi connectivity index (χ4v) is 1.17. The molecule has 0 fully saturated rings. The molecule has 62 valence electrons. The molecule has 5 nitrogen and oxygen atoms in total. The van der Waals surface area contributed by atoms with Crippen LogP contribution < -0.4 is 5.73 Å². The van der Waals surface area contributed by atoms with Gasteiger partial charge in [-0.25, -0.2) is 4.52 Å². The molecule has 0 aromatic carbocycles. The number of carbonyl (C=O) groups is 1. The molecule has 12 heavy (non-hydrogen) atoms. The highest BCUT2D eigenvalue weighted by molar-refractivity contribution is 5.74. The van der Waals surface area contributed by atoms with Crippen LogP contribution in [0.15, 0.2) is 24.7 Å². The molecule has 2 rings (SSSR count). The maximum Gasteiger partial charge on any atom is 0.237 e. The van der Waals surface area contributed by atoms with Gasteiger partial charge in [-0.2, -0.15) is 5.10 Å². The molecule has 0 saturated carbocycles. The normalized spacial score (nSPS) is 10.7. The molecular formula is C7H8N4O. The number of rotatable bonds is 2. The topological polar surface area (TPSA) is 65.3 Å². The van der Waals surface area contributed by atoms with Crippen molar-refractivity contribution in [2.75, 3.05) is 0 Å². The van der Waals surface area contributed by atoms with Crippen LogP contribution in [-0.2, 0) is 11.3 Å². The lowest BCUT2D eigenvalue weighted by molar-refractivity contribution is -0.118. The second-order valence-electron chi connectivity index (χ2n) is 2.53. The molecule has 2 aromatic rings. The summed E-state index contributed by atoms with van der Waals surface area (Å²) < 4.78 is 3.43. The zero-order valence-corrected chi connectivity index (χ0v) is 6.34. The molecule has 0 radical (unpaired) electrons. The van der Waals surface area contributed by atoms with Crippen molar-refractivity contribution in [3.8, 4) is 0 Å². The summed E-state index contributed by atoms with van der Waals surface area (Å²) >= 11 is 0. The highest BCUT2D eigenvalue weighted by Crippen LogP contribution is 2.02. The highest BCUT2D eigenvalue weighted by Gasteiger charge is 2.02. The average Bonchev–Trinajstić information content (AvgIpc) is 2.52. The van der Waals surface area contributed by atoms with E-state index in [0.29, 0.717) is 0 Å². The molecule has 0 unspecified atom stereocenters. The molecule has 0 saturated heterocycles. The molecule has 2 aromatic heterocycles. The molecule has 2 N–H and O–H groups in total. The van der Waals surface area contributed by atoms with Crippen LogP contribution in [-0.4, -0.2) is 20.1 Å². The van der Waals surface area contributed by atoms with Crippen LogP contribution in [0.2, 0.25) is 0 Å². The number of carbonyl (C=O) groups excluding carboxylic acids is 1. The van der Waals surface area contributed by atoms with Crippen LogP contribution >= 0.6 is 0 Å². The number of nitrogens with two attached hydrogens (primary N) is 1. The summed E-state index contributed by atoms with van der Waals surface area (Å²) in [5, 5.41) is 3.99. The SMILES string of the molecule is NC(=O)Cn1ccn2nccc12. The standard InChI is InChI=1S/C7H8N4O/c8-6(12)5-10-3-4-11-7(10)1-2-9-11/h1-4H,5H2,(H2,8,12). The maximum absolute atomic E-state index is 10.6. The van der Waals surface area contributed by atoms with Gasteiger partial charge in [0.2, 0.25) is 5.91 Å². The minimum Gasteiger partial charge on any atom is -0.368 e. The Hall–Kier alpha value is -1.78. The number of fused-ring (bicyclic) bond motifs is 1. The van der Waals surface area contributed by atoms with Crippen molar-refractivity contribution in [2.45, 2.75) is 6.54 Å². The van der Waals surface area contributed by atoms with Crippen molar-refractivity contribution in [1.29, 1.82) is 0 Å². The van der Waals surface area contributed by atoms with E-state index in [1.165, 1.54) is 0 Å². The molecule has 0 bridgehead atoms. The van der Waals surface area contributed by atoms with Gasteiger partial charge in [-0.3, -0.25) is 4.79 Å². The lowest BCUT2D eigenvalue weighted by atomic mass is 10.5. The van der Waals surface area contributed by atoms with Crippen molar-refractivity contribution < 1.29 is 4.79 Å². The lowest BCUT2D eigenvalue weighted by Crippen LogP contribution is -2.17. The Morgan fingerprint density at radius 3 is 3.17 bits per heavy atom. The van der Waals surface area contributed by atoms with Crippen molar-refractivity contribution in [2.24, 2.45) is 5.73 Å². The van der Waals surface area contributed by atoms with E-state index < -0.39 is 0 Å². The van der Waals surface area contributed by atoms with E-state index in [-0.39, 0.29) is 12.5 Å². The number of imidazole rings is 1. The smallest absolute Gasteiger partial charge is 0.237 e. The van der Waals surface area contributed by atoms with Gasteiger partial charge >= 0.3 is 0 Å². The van der Waals surface area contributed by atoms with Gasteiger partial charge in [0, 0.05) is 18.5 Å². The van der Waals surface area contributed by atoms with E-state index in [1.54, 1.807) is 27.7 Å². The monoisotopic (exact) mass is 164 g/mol. The lowest BCUT2D eigenvalue weighted by Gasteiger charge is -1.96. The van der Waals surface area contributed by atoms with Crippen LogP contribution in [0.1, 0.15) is 0 Å². The third kappa shape index (κ3) is 0.952. The summed E-state index contributed by atoms with van der Waals surface area (Å²) in [6, 6.07) is 1.82. The quantitative estimate of drug-likeness (QED) is 0.657. The second kappa shape index (κ2) is 2.37. The van der Waals surface area contributed by atoms with Crippen molar-refractivity contribution in [3.05, 3.63) is 24.7 Å². The first-order chi connectivity index (χ1) is 5.77. The maximum atomic E-state index is 10.6. The Morgan fingerprint density at radius 1 is 1.58 bits per heavy atom. The Labute approximate surface area is 68.4 Å². The average molecular weight is 164 g/mol. The molecule has 1 amide bonds. The first kappa shape index (κ1) is 6.90. The number of hydrogen-bond acceptors (Lipinski definition) is 2. The summed E-state index contributed by atoms with van der Waals surface area (Å²) in [4.78, 5) is 10.6. The largest absolute Gasteiger partial charge is 0.368 e. The number of amides is 1. The molecule has 0 aliphatic carbocycles. The Morgan fingerprint density at radius 2 is 2.42 bits per heavy atom. The Kier molecular flexibility index (Phi) is 1.36. The van der Waals surface area contributed by atoms with Gasteiger partial charge in [0.15, 0.2) is 0 Å². The first-order valence-corrected chi connectivity index (χ1v) is 3.54. The van der Waals surface area contributed by atoms with Gasteiger partial charge in [-0.1, -0.05) is 0 Å². The summed E-state index contributed by atoms with van der Waals surface area (Å²) in [5.74, 6) is -0.352. The van der Waals surface area contributed by atoms with Crippen molar-refractivity contribution in [1.82, 2.24) is 14.2 Å². The Balaban J connectivity index is 2.47. The van der Waals surface area contributed by atoms with E-state index in [4.69, 9.17) is 5.73 Å². The first-order valence-electron chi connectivity index (χ1n) is 3.54. The van der Waals surface area contributed by atoms with Gasteiger partial charge in [-0.05, 0) is 0 Å². The van der Waals surface area contributed by atoms with Gasteiger partial charge in [0.05, 0.1) is 6.20 Å². The zero-order valence-electron chi connectivity index (χ0n) is 6.34. The number of nitrogens with zero attached hydrogens (tertiary/aromatic N) is 3. The fourth-order valence-electron chi connectivity index (χ4n) is 1.17. The van der Waals surface area contributed by atoms with Crippen molar-refractivity contribution >= 4 is 11.6 Å². The van der Waals surface area contributed by atoms with Gasteiger partial charge < -0.3 is 10.3 Å². The fraction of sp³-hybridized carbons (Fsp3) is 0.143. The van der Waals surface area contributed by atoms with Gasteiger partial charge in [-0.15, -0.1) is 0 Å². The van der Waals surface area contributed by atoms with Crippen LogP contribution in [0.3, 0.4) is 0 Å². The second-order valence-corrected chi connectivity index (χ2v) is 2.53. The van der Waals surface area contributed by atoms with Crippen LogP contribution in [0.4, 0.5) is 0 Å². The van der Waals surface area contributed by atoms with E-state index in [1.807, 2.05) is 6.07 Å². The number of primary amides is 1. The number of hydrogen-bond donors (Lipinski definition) is 1. The number of aromatic nitrogens is 3. The molecule has 0 spiro atoms. The molecule has 0 aliphatic heterocycles. The third-order valence-electron chi connectivity index (χ3n) is 1.66. The summed E-state index contributed by atoms with van der Waals surface area (Å²) in [6.07, 6.45) is 5.22. The summed E-state index contributed by atoms with van der Waals surface area (Å²) in [6.45, 7) is 0.197.